The molecule has 0 aliphatic rings. The third kappa shape index (κ3) is 5.22. The topological polar surface area (TPSA) is 119 Å². The van der Waals surface area contributed by atoms with Crippen LogP contribution in [0.15, 0.2) is 18.2 Å². The van der Waals surface area contributed by atoms with Gasteiger partial charge in [-0.05, 0) is 12.1 Å². The van der Waals surface area contributed by atoms with E-state index < -0.39 is 29.1 Å². The van der Waals surface area contributed by atoms with Crippen LogP contribution in [0.3, 0.4) is 0 Å². The largest absolute Gasteiger partial charge is 0.452 e. The molecule has 0 aliphatic heterocycles. The van der Waals surface area contributed by atoms with E-state index in [4.69, 9.17) is 16.3 Å². The highest BCUT2D eigenvalue weighted by Crippen LogP contribution is 2.25. The molecule has 0 fully saturated rings. The molecule has 0 unspecified atom stereocenters. The van der Waals surface area contributed by atoms with E-state index in [2.05, 4.69) is 5.32 Å². The molecule has 1 rings (SSSR count). The molecule has 0 aliphatic carbocycles. The van der Waals surface area contributed by atoms with E-state index in [1.165, 1.54) is 26.2 Å². The molecular weight excluding hydrogens is 330 g/mol. The zero-order chi connectivity index (χ0) is 17.6. The molecule has 0 saturated carbocycles. The van der Waals surface area contributed by atoms with Crippen LogP contribution in [-0.2, 0) is 14.3 Å². The second-order valence-corrected chi connectivity index (χ2v) is 4.83. The van der Waals surface area contributed by atoms with Gasteiger partial charge in [-0.3, -0.25) is 19.7 Å². The molecule has 23 heavy (non-hydrogen) atoms. The summed E-state index contributed by atoms with van der Waals surface area (Å²) >= 11 is 5.63. The number of hydrogen-bond acceptors (Lipinski definition) is 6. The van der Waals surface area contributed by atoms with E-state index in [-0.39, 0.29) is 23.0 Å². The molecule has 1 aromatic carbocycles. The monoisotopic (exact) mass is 343 g/mol. The van der Waals surface area contributed by atoms with Crippen molar-refractivity contribution < 1.29 is 24.0 Å². The Labute approximate surface area is 136 Å². The highest BCUT2D eigenvalue weighted by atomic mass is 35.5. The number of nitro groups is 1. The molecule has 1 aromatic rings. The smallest absolute Gasteiger partial charge is 0.338 e. The number of nitrogens with one attached hydrogen (secondary N) is 1. The Balaban J connectivity index is 2.67. The van der Waals surface area contributed by atoms with Crippen LogP contribution in [0.4, 0.5) is 5.69 Å². The normalized spacial score (nSPS) is 9.87. The average Bonchev–Trinajstić information content (AvgIpc) is 2.51. The number of esters is 1. The zero-order valence-electron chi connectivity index (χ0n) is 12.4. The maximum absolute atomic E-state index is 11.8. The van der Waals surface area contributed by atoms with Crippen molar-refractivity contribution in [2.45, 2.75) is 0 Å². The Hall–Kier alpha value is -2.68. The minimum absolute atomic E-state index is 0.108. The Morgan fingerprint density at radius 3 is 2.61 bits per heavy atom. The standard InChI is InChI=1S/C13H14ClN3O6/c1-15-11(18)6-16(2)12(19)7-23-13(20)8-3-4-9(14)10(5-8)17(21)22/h3-5H,6-7H2,1-2H3,(H,15,18). The highest BCUT2D eigenvalue weighted by molar-refractivity contribution is 6.32. The number of nitrogens with zero attached hydrogens (tertiary/aromatic N) is 2. The molecule has 1 N–H and O–H groups in total. The molecule has 10 heteroatoms. The summed E-state index contributed by atoms with van der Waals surface area (Å²) in [4.78, 5) is 45.7. The lowest BCUT2D eigenvalue weighted by Gasteiger charge is -2.15. The first-order valence-corrected chi connectivity index (χ1v) is 6.69. The second-order valence-electron chi connectivity index (χ2n) is 4.42. The summed E-state index contributed by atoms with van der Waals surface area (Å²) < 4.78 is 4.77. The zero-order valence-corrected chi connectivity index (χ0v) is 13.1. The summed E-state index contributed by atoms with van der Waals surface area (Å²) in [6.07, 6.45) is 0. The summed E-state index contributed by atoms with van der Waals surface area (Å²) in [6.45, 7) is -0.776. The minimum atomic E-state index is -0.911. The number of rotatable bonds is 6. The van der Waals surface area contributed by atoms with Crippen molar-refractivity contribution in [1.29, 1.82) is 0 Å². The van der Waals surface area contributed by atoms with Crippen LogP contribution in [0.2, 0.25) is 5.02 Å². The van der Waals surface area contributed by atoms with Crippen molar-refractivity contribution in [2.75, 3.05) is 27.2 Å². The lowest BCUT2D eigenvalue weighted by molar-refractivity contribution is -0.384. The summed E-state index contributed by atoms with van der Waals surface area (Å²) in [5, 5.41) is 13.0. The molecule has 9 nitrogen and oxygen atoms in total. The van der Waals surface area contributed by atoms with Crippen LogP contribution in [0, 0.1) is 10.1 Å². The molecule has 0 spiro atoms. The fraction of sp³-hybridized carbons (Fsp3) is 0.308. The van der Waals surface area contributed by atoms with Crippen molar-refractivity contribution >= 4 is 35.1 Å². The first-order valence-electron chi connectivity index (χ1n) is 6.32. The first kappa shape index (κ1) is 18.4. The Bertz CT molecular complexity index is 649. The fourth-order valence-electron chi connectivity index (χ4n) is 1.48. The third-order valence-electron chi connectivity index (χ3n) is 2.79. The van der Waals surface area contributed by atoms with Gasteiger partial charge < -0.3 is 15.0 Å². The molecule has 0 saturated heterocycles. The van der Waals surface area contributed by atoms with Crippen LogP contribution in [-0.4, -0.2) is 54.9 Å². The molecule has 0 aromatic heterocycles. The number of likely N-dealkylation sites (N-methyl/N-ethyl adjacent to an activating group) is 2. The number of amides is 2. The molecule has 0 heterocycles. The number of carbonyl (C=O) groups excluding carboxylic acids is 3. The SMILES string of the molecule is CNC(=O)CN(C)C(=O)COC(=O)c1ccc(Cl)c([N+](=O)[O-])c1. The van der Waals surface area contributed by atoms with Gasteiger partial charge in [0, 0.05) is 20.2 Å². The van der Waals surface area contributed by atoms with Crippen molar-refractivity contribution in [3.63, 3.8) is 0 Å². The van der Waals surface area contributed by atoms with Crippen LogP contribution in [0.1, 0.15) is 10.4 Å². The van der Waals surface area contributed by atoms with Gasteiger partial charge in [0.2, 0.25) is 5.91 Å². The van der Waals surface area contributed by atoms with Gasteiger partial charge >= 0.3 is 5.97 Å². The molecule has 2 amide bonds. The van der Waals surface area contributed by atoms with E-state index in [0.717, 1.165) is 11.0 Å². The summed E-state index contributed by atoms with van der Waals surface area (Å²) in [5.41, 5.74) is -0.549. The summed E-state index contributed by atoms with van der Waals surface area (Å²) in [6, 6.07) is 3.40. The maximum atomic E-state index is 11.8. The number of carbonyl (C=O) groups is 3. The number of ether oxygens (including phenoxy) is 1. The van der Waals surface area contributed by atoms with Gasteiger partial charge in [-0.2, -0.15) is 0 Å². The highest BCUT2D eigenvalue weighted by Gasteiger charge is 2.19. The maximum Gasteiger partial charge on any atom is 0.338 e. The van der Waals surface area contributed by atoms with E-state index in [9.17, 15) is 24.5 Å². The van der Waals surface area contributed by atoms with E-state index in [0.29, 0.717) is 0 Å². The molecular formula is C13H14ClN3O6. The first-order chi connectivity index (χ1) is 10.8. The summed E-state index contributed by atoms with van der Waals surface area (Å²) in [5.74, 6) is -1.88. The fourth-order valence-corrected chi connectivity index (χ4v) is 1.67. The van der Waals surface area contributed by atoms with Gasteiger partial charge in [-0.1, -0.05) is 11.6 Å². The lowest BCUT2D eigenvalue weighted by atomic mass is 10.2. The lowest BCUT2D eigenvalue weighted by Crippen LogP contribution is -2.39. The van der Waals surface area contributed by atoms with Gasteiger partial charge in [0.05, 0.1) is 17.0 Å². The molecule has 0 atom stereocenters. The van der Waals surface area contributed by atoms with Crippen molar-refractivity contribution in [3.05, 3.63) is 38.9 Å². The Morgan fingerprint density at radius 2 is 2.04 bits per heavy atom. The summed E-state index contributed by atoms with van der Waals surface area (Å²) in [7, 11) is 2.80. The van der Waals surface area contributed by atoms with Gasteiger partial charge in [0.25, 0.3) is 11.6 Å². The Kier molecular flexibility index (Phi) is 6.46. The Morgan fingerprint density at radius 1 is 1.39 bits per heavy atom. The third-order valence-corrected chi connectivity index (χ3v) is 3.11. The number of hydrogen-bond donors (Lipinski definition) is 1. The second kappa shape index (κ2) is 8.08. The van der Waals surface area contributed by atoms with Crippen molar-refractivity contribution in [3.8, 4) is 0 Å². The number of benzene rings is 1. The van der Waals surface area contributed by atoms with E-state index in [1.807, 2.05) is 0 Å². The molecule has 0 radical (unpaired) electrons. The molecule has 0 bridgehead atoms. The van der Waals surface area contributed by atoms with Gasteiger partial charge in [-0.25, -0.2) is 4.79 Å². The molecule has 124 valence electrons. The average molecular weight is 344 g/mol. The van der Waals surface area contributed by atoms with Gasteiger partial charge in [0.15, 0.2) is 6.61 Å². The van der Waals surface area contributed by atoms with Crippen LogP contribution in [0.25, 0.3) is 0 Å². The van der Waals surface area contributed by atoms with Crippen molar-refractivity contribution in [1.82, 2.24) is 10.2 Å². The van der Waals surface area contributed by atoms with Gasteiger partial charge in [-0.15, -0.1) is 0 Å². The quantitative estimate of drug-likeness (QED) is 0.459. The van der Waals surface area contributed by atoms with E-state index >= 15 is 0 Å². The van der Waals surface area contributed by atoms with Gasteiger partial charge in [0.1, 0.15) is 5.02 Å². The number of halogens is 1. The van der Waals surface area contributed by atoms with E-state index in [1.54, 1.807) is 0 Å². The predicted octanol–water partition coefficient (Wildman–Crippen LogP) is 0.609. The predicted molar refractivity (Wildman–Crippen MR) is 80.1 cm³/mol. The minimum Gasteiger partial charge on any atom is -0.452 e. The van der Waals surface area contributed by atoms with Crippen molar-refractivity contribution in [2.24, 2.45) is 0 Å². The van der Waals surface area contributed by atoms with Crippen LogP contribution < -0.4 is 5.32 Å². The van der Waals surface area contributed by atoms with Crippen LogP contribution >= 0.6 is 11.6 Å². The van der Waals surface area contributed by atoms with Crippen LogP contribution in [0.5, 0.6) is 0 Å². The number of nitro benzene ring substituents is 1.